The van der Waals surface area contributed by atoms with Gasteiger partial charge in [0.15, 0.2) is 0 Å². The van der Waals surface area contributed by atoms with Crippen LogP contribution in [0.3, 0.4) is 0 Å². The van der Waals surface area contributed by atoms with Crippen LogP contribution in [0.4, 0.5) is 4.39 Å². The van der Waals surface area contributed by atoms with E-state index in [4.69, 9.17) is 26.3 Å². The van der Waals surface area contributed by atoms with E-state index < -0.39 is 5.82 Å². The zero-order valence-electron chi connectivity index (χ0n) is 10.8. The molecule has 0 spiro atoms. The number of oxime groups is 1. The van der Waals surface area contributed by atoms with Gasteiger partial charge in [0.25, 0.3) is 0 Å². The standard InChI is InChI=1S/C15H11ClFNO3/c16-12-4-1-9(5-13(12)17)7-20-10-2-3-11-14(18-19)8-21-15(11)6-10/h1-6,19H,7-8H2/b18-14-. The SMILES string of the molecule is O/N=C1/COc2cc(OCc3ccc(Cl)c(F)c3)ccc21. The Morgan fingerprint density at radius 1 is 1.29 bits per heavy atom. The van der Waals surface area contributed by atoms with Crippen molar-refractivity contribution in [3.63, 3.8) is 0 Å². The van der Waals surface area contributed by atoms with E-state index in [9.17, 15) is 4.39 Å². The van der Waals surface area contributed by atoms with E-state index in [1.54, 1.807) is 24.3 Å². The summed E-state index contributed by atoms with van der Waals surface area (Å²) in [6, 6.07) is 9.74. The molecule has 0 atom stereocenters. The van der Waals surface area contributed by atoms with Gasteiger partial charge in [-0.25, -0.2) is 4.39 Å². The first kappa shape index (κ1) is 13.7. The molecule has 0 saturated carbocycles. The second-order valence-electron chi connectivity index (χ2n) is 4.53. The summed E-state index contributed by atoms with van der Waals surface area (Å²) in [7, 11) is 0. The monoisotopic (exact) mass is 307 g/mol. The molecule has 0 fully saturated rings. The van der Waals surface area contributed by atoms with Crippen molar-refractivity contribution in [3.8, 4) is 11.5 Å². The van der Waals surface area contributed by atoms with E-state index in [0.717, 1.165) is 5.56 Å². The molecule has 21 heavy (non-hydrogen) atoms. The van der Waals surface area contributed by atoms with Gasteiger partial charge < -0.3 is 14.7 Å². The highest BCUT2D eigenvalue weighted by Crippen LogP contribution is 2.30. The Morgan fingerprint density at radius 3 is 2.90 bits per heavy atom. The molecule has 1 aliphatic rings. The van der Waals surface area contributed by atoms with Crippen molar-refractivity contribution >= 4 is 17.3 Å². The molecular weight excluding hydrogens is 297 g/mol. The van der Waals surface area contributed by atoms with Gasteiger partial charge in [0.05, 0.1) is 5.02 Å². The van der Waals surface area contributed by atoms with E-state index in [2.05, 4.69) is 5.16 Å². The van der Waals surface area contributed by atoms with Gasteiger partial charge in [-0.15, -0.1) is 0 Å². The fraction of sp³-hybridized carbons (Fsp3) is 0.133. The van der Waals surface area contributed by atoms with Crippen LogP contribution >= 0.6 is 11.6 Å². The molecule has 0 aromatic heterocycles. The zero-order chi connectivity index (χ0) is 14.8. The Kier molecular flexibility index (Phi) is 3.66. The highest BCUT2D eigenvalue weighted by atomic mass is 35.5. The normalized spacial score (nSPS) is 14.9. The number of benzene rings is 2. The minimum absolute atomic E-state index is 0.0838. The van der Waals surface area contributed by atoms with Crippen LogP contribution in [0.15, 0.2) is 41.6 Å². The summed E-state index contributed by atoms with van der Waals surface area (Å²) in [6.07, 6.45) is 0. The Bertz CT molecular complexity index is 718. The van der Waals surface area contributed by atoms with E-state index >= 15 is 0 Å². The minimum atomic E-state index is -0.473. The molecule has 0 saturated heterocycles. The first-order chi connectivity index (χ1) is 10.2. The van der Waals surface area contributed by atoms with Crippen molar-refractivity contribution in [2.75, 3.05) is 6.61 Å². The summed E-state index contributed by atoms with van der Waals surface area (Å²) >= 11 is 5.63. The lowest BCUT2D eigenvalue weighted by molar-refractivity contribution is 0.302. The van der Waals surface area contributed by atoms with Gasteiger partial charge in [-0.3, -0.25) is 0 Å². The highest BCUT2D eigenvalue weighted by molar-refractivity contribution is 6.30. The van der Waals surface area contributed by atoms with Crippen molar-refractivity contribution in [3.05, 3.63) is 58.4 Å². The minimum Gasteiger partial charge on any atom is -0.489 e. The number of ether oxygens (including phenoxy) is 2. The predicted octanol–water partition coefficient (Wildman–Crippen LogP) is 3.63. The lowest BCUT2D eigenvalue weighted by Gasteiger charge is -2.08. The van der Waals surface area contributed by atoms with Crippen LogP contribution in [0.1, 0.15) is 11.1 Å². The summed E-state index contributed by atoms with van der Waals surface area (Å²) in [5.41, 5.74) is 1.90. The number of hydrogen-bond acceptors (Lipinski definition) is 4. The van der Waals surface area contributed by atoms with Crippen molar-refractivity contribution in [2.24, 2.45) is 5.16 Å². The molecule has 0 bridgehead atoms. The van der Waals surface area contributed by atoms with E-state index in [1.807, 2.05) is 0 Å². The lowest BCUT2D eigenvalue weighted by atomic mass is 10.1. The Hall–Kier alpha value is -2.27. The third-order valence-corrected chi connectivity index (χ3v) is 3.45. The molecule has 0 amide bonds. The molecule has 1 aliphatic heterocycles. The van der Waals surface area contributed by atoms with Crippen molar-refractivity contribution in [2.45, 2.75) is 6.61 Å². The predicted molar refractivity (Wildman–Crippen MR) is 76.0 cm³/mol. The summed E-state index contributed by atoms with van der Waals surface area (Å²) in [5.74, 6) is 0.713. The maximum atomic E-state index is 13.3. The van der Waals surface area contributed by atoms with E-state index in [-0.39, 0.29) is 18.2 Å². The quantitative estimate of drug-likeness (QED) is 0.696. The molecule has 0 unspecified atom stereocenters. The maximum absolute atomic E-state index is 13.3. The van der Waals surface area contributed by atoms with Crippen molar-refractivity contribution in [1.29, 1.82) is 0 Å². The Labute approximate surface area is 125 Å². The maximum Gasteiger partial charge on any atom is 0.142 e. The number of nitrogens with zero attached hydrogens (tertiary/aromatic N) is 1. The van der Waals surface area contributed by atoms with Gasteiger partial charge in [-0.2, -0.15) is 0 Å². The molecule has 4 nitrogen and oxygen atoms in total. The molecule has 3 rings (SSSR count). The van der Waals surface area contributed by atoms with Gasteiger partial charge in [-0.05, 0) is 29.8 Å². The molecule has 2 aromatic carbocycles. The van der Waals surface area contributed by atoms with Gasteiger partial charge in [0, 0.05) is 11.6 Å². The second kappa shape index (κ2) is 5.61. The van der Waals surface area contributed by atoms with Crippen LogP contribution in [0.25, 0.3) is 0 Å². The summed E-state index contributed by atoms with van der Waals surface area (Å²) < 4.78 is 24.3. The first-order valence-corrected chi connectivity index (χ1v) is 6.60. The van der Waals surface area contributed by atoms with Crippen molar-refractivity contribution < 1.29 is 19.1 Å². The molecule has 1 N–H and O–H groups in total. The van der Waals surface area contributed by atoms with Gasteiger partial charge in [0.1, 0.15) is 36.2 Å². The van der Waals surface area contributed by atoms with Crippen LogP contribution in [-0.2, 0) is 6.61 Å². The van der Waals surface area contributed by atoms with Crippen LogP contribution in [0.2, 0.25) is 5.02 Å². The van der Waals surface area contributed by atoms with Crippen LogP contribution in [0, 0.1) is 5.82 Å². The van der Waals surface area contributed by atoms with Gasteiger partial charge >= 0.3 is 0 Å². The Balaban J connectivity index is 1.73. The van der Waals surface area contributed by atoms with E-state index in [1.165, 1.54) is 12.1 Å². The third-order valence-electron chi connectivity index (χ3n) is 3.14. The first-order valence-electron chi connectivity index (χ1n) is 6.22. The fourth-order valence-corrected chi connectivity index (χ4v) is 2.17. The average Bonchev–Trinajstić information content (AvgIpc) is 2.90. The molecule has 2 aromatic rings. The summed E-state index contributed by atoms with van der Waals surface area (Å²) in [4.78, 5) is 0. The van der Waals surface area contributed by atoms with Crippen LogP contribution in [-0.4, -0.2) is 17.5 Å². The highest BCUT2D eigenvalue weighted by Gasteiger charge is 2.20. The molecule has 108 valence electrons. The van der Waals surface area contributed by atoms with Gasteiger partial charge in [0.2, 0.25) is 0 Å². The average molecular weight is 308 g/mol. The van der Waals surface area contributed by atoms with Crippen molar-refractivity contribution in [1.82, 2.24) is 0 Å². The molecule has 0 radical (unpaired) electrons. The number of hydrogen-bond donors (Lipinski definition) is 1. The largest absolute Gasteiger partial charge is 0.489 e. The molecule has 1 heterocycles. The molecule has 6 heteroatoms. The van der Waals surface area contributed by atoms with Crippen LogP contribution < -0.4 is 9.47 Å². The molecule has 0 aliphatic carbocycles. The van der Waals surface area contributed by atoms with Crippen LogP contribution in [0.5, 0.6) is 11.5 Å². The Morgan fingerprint density at radius 2 is 2.14 bits per heavy atom. The summed E-state index contributed by atoms with van der Waals surface area (Å²) in [6.45, 7) is 0.450. The fourth-order valence-electron chi connectivity index (χ4n) is 2.05. The topological polar surface area (TPSA) is 51.1 Å². The zero-order valence-corrected chi connectivity index (χ0v) is 11.6. The second-order valence-corrected chi connectivity index (χ2v) is 4.94. The summed E-state index contributed by atoms with van der Waals surface area (Å²) in [5, 5.41) is 12.1. The molecular formula is C15H11ClFNO3. The number of halogens is 2. The number of rotatable bonds is 3. The van der Waals surface area contributed by atoms with Gasteiger partial charge in [-0.1, -0.05) is 22.8 Å². The third kappa shape index (κ3) is 2.78. The number of fused-ring (bicyclic) bond motifs is 1. The smallest absolute Gasteiger partial charge is 0.142 e. The lowest BCUT2D eigenvalue weighted by Crippen LogP contribution is -2.01. The van der Waals surface area contributed by atoms with E-state index in [0.29, 0.717) is 22.8 Å².